The third-order valence-electron chi connectivity index (χ3n) is 3.36. The molecule has 18 heavy (non-hydrogen) atoms. The first-order valence-electron chi connectivity index (χ1n) is 5.84. The van der Waals surface area contributed by atoms with Crippen LogP contribution in [0.3, 0.4) is 0 Å². The maximum absolute atomic E-state index is 12.0. The summed E-state index contributed by atoms with van der Waals surface area (Å²) in [5.74, 6) is 0.799. The van der Waals surface area contributed by atoms with Crippen LogP contribution >= 0.6 is 0 Å². The Kier molecular flexibility index (Phi) is 2.37. The number of hydrogen-bond acceptors (Lipinski definition) is 5. The van der Waals surface area contributed by atoms with Gasteiger partial charge >= 0.3 is 0 Å². The van der Waals surface area contributed by atoms with Crippen molar-refractivity contribution in [1.29, 1.82) is 0 Å². The molecule has 0 aromatic heterocycles. The molecule has 98 valence electrons. The minimum Gasteiger partial charge on any atom is -0.486 e. The Labute approximate surface area is 106 Å². The Hall–Kier alpha value is -1.27. The van der Waals surface area contributed by atoms with Crippen molar-refractivity contribution in [3.05, 3.63) is 17.7 Å². The summed E-state index contributed by atoms with van der Waals surface area (Å²) < 4.78 is 34.9. The highest BCUT2D eigenvalue weighted by Gasteiger charge is 2.44. The van der Waals surface area contributed by atoms with Crippen LogP contribution in [0.5, 0.6) is 11.5 Å². The average Bonchev–Trinajstić information content (AvgIpc) is 3.06. The second-order valence-electron chi connectivity index (χ2n) is 4.89. The largest absolute Gasteiger partial charge is 0.486 e. The molecule has 1 aliphatic heterocycles. The smallest absolute Gasteiger partial charge is 0.180 e. The fraction of sp³-hybridized carbons (Fsp3) is 0.500. The van der Waals surface area contributed by atoms with Crippen LogP contribution in [0.1, 0.15) is 18.4 Å². The monoisotopic (exact) mass is 269 g/mol. The van der Waals surface area contributed by atoms with E-state index in [1.807, 2.05) is 0 Å². The Bertz CT molecular complexity index is 605. The minimum absolute atomic E-state index is 0.194. The maximum Gasteiger partial charge on any atom is 0.180 e. The van der Waals surface area contributed by atoms with Crippen LogP contribution in [0, 0.1) is 0 Å². The van der Waals surface area contributed by atoms with Gasteiger partial charge in [-0.15, -0.1) is 0 Å². The zero-order valence-electron chi connectivity index (χ0n) is 10.1. The molecule has 3 rings (SSSR count). The molecule has 0 bridgehead atoms. The van der Waals surface area contributed by atoms with Crippen molar-refractivity contribution in [2.75, 3.05) is 19.5 Å². The van der Waals surface area contributed by atoms with Crippen molar-refractivity contribution in [2.45, 2.75) is 23.3 Å². The lowest BCUT2D eigenvalue weighted by Crippen LogP contribution is -2.25. The standard InChI is InChI=1S/C12H15NO4S/c1-18(14,15)11-8(12(13)4-5-12)2-3-9-10(11)17-7-6-16-9/h2-3H,4-7,13H2,1H3. The zero-order chi connectivity index (χ0) is 13.0. The highest BCUT2D eigenvalue weighted by molar-refractivity contribution is 7.90. The van der Waals surface area contributed by atoms with Crippen molar-refractivity contribution in [1.82, 2.24) is 0 Å². The van der Waals surface area contributed by atoms with Gasteiger partial charge in [0.1, 0.15) is 18.1 Å². The van der Waals surface area contributed by atoms with E-state index in [9.17, 15) is 8.42 Å². The third-order valence-corrected chi connectivity index (χ3v) is 4.51. The van der Waals surface area contributed by atoms with Gasteiger partial charge in [0.2, 0.25) is 0 Å². The molecule has 2 N–H and O–H groups in total. The summed E-state index contributed by atoms with van der Waals surface area (Å²) in [6.07, 6.45) is 2.78. The number of sulfone groups is 1. The van der Waals surface area contributed by atoms with Crippen LogP contribution in [0.25, 0.3) is 0 Å². The first-order valence-corrected chi connectivity index (χ1v) is 7.73. The quantitative estimate of drug-likeness (QED) is 0.859. The summed E-state index contributed by atoms with van der Waals surface area (Å²) in [4.78, 5) is 0.194. The van der Waals surface area contributed by atoms with E-state index in [0.29, 0.717) is 30.3 Å². The fourth-order valence-electron chi connectivity index (χ4n) is 2.25. The predicted molar refractivity (Wildman–Crippen MR) is 65.6 cm³/mol. The van der Waals surface area contributed by atoms with Gasteiger partial charge in [0.25, 0.3) is 0 Å². The second-order valence-corrected chi connectivity index (χ2v) is 6.85. The molecule has 1 aromatic carbocycles. The van der Waals surface area contributed by atoms with Crippen molar-refractivity contribution in [3.63, 3.8) is 0 Å². The van der Waals surface area contributed by atoms with Crippen molar-refractivity contribution in [2.24, 2.45) is 5.73 Å². The van der Waals surface area contributed by atoms with E-state index in [1.165, 1.54) is 6.26 Å². The van der Waals surface area contributed by atoms with E-state index in [-0.39, 0.29) is 4.90 Å². The lowest BCUT2D eigenvalue weighted by molar-refractivity contribution is 0.166. The summed E-state index contributed by atoms with van der Waals surface area (Å²) in [7, 11) is -3.40. The molecule has 0 amide bonds. The Morgan fingerprint density at radius 3 is 2.50 bits per heavy atom. The summed E-state index contributed by atoms with van der Waals surface area (Å²) in [6.45, 7) is 0.792. The highest BCUT2D eigenvalue weighted by Crippen LogP contribution is 2.49. The summed E-state index contributed by atoms with van der Waals surface area (Å²) in [5.41, 5.74) is 6.27. The van der Waals surface area contributed by atoms with E-state index >= 15 is 0 Å². The first kappa shape index (κ1) is 11.8. The number of hydrogen-bond donors (Lipinski definition) is 1. The van der Waals surface area contributed by atoms with Crippen LogP contribution in [-0.4, -0.2) is 27.9 Å². The van der Waals surface area contributed by atoms with Crippen LogP contribution in [0.2, 0.25) is 0 Å². The summed E-state index contributed by atoms with van der Waals surface area (Å²) in [5, 5.41) is 0. The lowest BCUT2D eigenvalue weighted by Gasteiger charge is -2.24. The Morgan fingerprint density at radius 2 is 1.89 bits per heavy atom. The first-order chi connectivity index (χ1) is 8.42. The molecule has 5 nitrogen and oxygen atoms in total. The average molecular weight is 269 g/mol. The molecule has 1 saturated carbocycles. The third kappa shape index (κ3) is 1.76. The van der Waals surface area contributed by atoms with Gasteiger partial charge in [-0.05, 0) is 24.5 Å². The lowest BCUT2D eigenvalue weighted by atomic mass is 10.0. The Balaban J connectivity index is 2.28. The van der Waals surface area contributed by atoms with E-state index in [1.54, 1.807) is 12.1 Å². The highest BCUT2D eigenvalue weighted by atomic mass is 32.2. The normalized spacial score (nSPS) is 20.6. The molecule has 0 radical (unpaired) electrons. The van der Waals surface area contributed by atoms with E-state index < -0.39 is 15.4 Å². The van der Waals surface area contributed by atoms with Crippen LogP contribution in [-0.2, 0) is 15.4 Å². The van der Waals surface area contributed by atoms with Crippen molar-refractivity contribution >= 4 is 9.84 Å². The second kappa shape index (κ2) is 3.61. The van der Waals surface area contributed by atoms with Gasteiger partial charge in [0.05, 0.1) is 0 Å². The molecule has 2 aliphatic rings. The SMILES string of the molecule is CS(=O)(=O)c1c(C2(N)CC2)ccc2c1OCCO2. The molecule has 6 heteroatoms. The summed E-state index contributed by atoms with van der Waals surface area (Å²) in [6, 6.07) is 3.49. The van der Waals surface area contributed by atoms with Crippen LogP contribution < -0.4 is 15.2 Å². The fourth-order valence-corrected chi connectivity index (χ4v) is 3.42. The predicted octanol–water partition coefficient (Wildman–Crippen LogP) is 0.809. The van der Waals surface area contributed by atoms with Crippen molar-refractivity contribution in [3.8, 4) is 11.5 Å². The molecule has 0 unspecified atom stereocenters. The molecule has 1 aromatic rings. The van der Waals surface area contributed by atoms with E-state index in [2.05, 4.69) is 0 Å². The minimum atomic E-state index is -3.40. The van der Waals surface area contributed by atoms with Gasteiger partial charge in [-0.2, -0.15) is 0 Å². The van der Waals surface area contributed by atoms with Crippen LogP contribution in [0.15, 0.2) is 17.0 Å². The molecular formula is C12H15NO4S. The maximum atomic E-state index is 12.0. The number of fused-ring (bicyclic) bond motifs is 1. The van der Waals surface area contributed by atoms with E-state index in [0.717, 1.165) is 12.8 Å². The molecule has 1 heterocycles. The van der Waals surface area contributed by atoms with Gasteiger partial charge in [-0.3, -0.25) is 0 Å². The Morgan fingerprint density at radius 1 is 1.22 bits per heavy atom. The molecule has 0 spiro atoms. The number of benzene rings is 1. The zero-order valence-corrected chi connectivity index (χ0v) is 10.9. The summed E-state index contributed by atoms with van der Waals surface area (Å²) >= 11 is 0. The van der Waals surface area contributed by atoms with Gasteiger partial charge in [0.15, 0.2) is 21.3 Å². The van der Waals surface area contributed by atoms with Gasteiger partial charge in [-0.1, -0.05) is 6.07 Å². The molecule has 1 aliphatic carbocycles. The van der Waals surface area contributed by atoms with Gasteiger partial charge in [0, 0.05) is 11.8 Å². The van der Waals surface area contributed by atoms with Gasteiger partial charge in [-0.25, -0.2) is 8.42 Å². The topological polar surface area (TPSA) is 78.6 Å². The number of ether oxygens (including phenoxy) is 2. The van der Waals surface area contributed by atoms with Gasteiger partial charge < -0.3 is 15.2 Å². The van der Waals surface area contributed by atoms with Crippen molar-refractivity contribution < 1.29 is 17.9 Å². The van der Waals surface area contributed by atoms with E-state index in [4.69, 9.17) is 15.2 Å². The molecular weight excluding hydrogens is 254 g/mol. The molecule has 0 atom stereocenters. The number of rotatable bonds is 2. The number of nitrogens with two attached hydrogens (primary N) is 1. The molecule has 1 fully saturated rings. The molecule has 0 saturated heterocycles. The van der Waals surface area contributed by atoms with Crippen LogP contribution in [0.4, 0.5) is 0 Å².